The minimum atomic E-state index is -0.615. The lowest BCUT2D eigenvalue weighted by atomic mass is 9.45. The number of esters is 1. The average Bonchev–Trinajstić information content (AvgIpc) is 2.31. The summed E-state index contributed by atoms with van der Waals surface area (Å²) in [4.78, 5) is 11.9. The Balaban J connectivity index is 1.80. The first-order chi connectivity index (χ1) is 9.22. The van der Waals surface area contributed by atoms with Crippen LogP contribution in [0.3, 0.4) is 0 Å². The van der Waals surface area contributed by atoms with Crippen LogP contribution in [-0.2, 0) is 9.53 Å². The topological polar surface area (TPSA) is 46.5 Å². The van der Waals surface area contributed by atoms with Crippen LogP contribution in [0.4, 0.5) is 0 Å². The van der Waals surface area contributed by atoms with Crippen molar-refractivity contribution in [3.8, 4) is 0 Å². The van der Waals surface area contributed by atoms with Gasteiger partial charge in [0.1, 0.15) is 6.10 Å². The quantitative estimate of drug-likeness (QED) is 0.808. The summed E-state index contributed by atoms with van der Waals surface area (Å²) < 4.78 is 5.83. The highest BCUT2D eigenvalue weighted by atomic mass is 16.5. The third kappa shape index (κ3) is 2.09. The summed E-state index contributed by atoms with van der Waals surface area (Å²) >= 11 is 0. The molecule has 0 radical (unpaired) electrons. The molecule has 0 aromatic heterocycles. The summed E-state index contributed by atoms with van der Waals surface area (Å²) in [5, 5.41) is 10.6. The average molecular weight is 280 g/mol. The van der Waals surface area contributed by atoms with Gasteiger partial charge in [0.05, 0.1) is 11.5 Å². The SMILES string of the molecule is CC(C)C(=O)OC1C2CC3CC1CC(C(C)(C)O)(C3)C2. The molecule has 4 fully saturated rings. The number of rotatable bonds is 3. The summed E-state index contributed by atoms with van der Waals surface area (Å²) in [6.07, 6.45) is 5.69. The molecule has 2 atom stereocenters. The molecule has 0 aromatic rings. The lowest BCUT2D eigenvalue weighted by Crippen LogP contribution is -2.61. The van der Waals surface area contributed by atoms with Crippen LogP contribution in [0.2, 0.25) is 0 Å². The van der Waals surface area contributed by atoms with Crippen LogP contribution >= 0.6 is 0 Å². The van der Waals surface area contributed by atoms with E-state index >= 15 is 0 Å². The molecule has 1 N–H and O–H groups in total. The van der Waals surface area contributed by atoms with E-state index in [-0.39, 0.29) is 23.4 Å². The van der Waals surface area contributed by atoms with Crippen molar-refractivity contribution in [2.75, 3.05) is 0 Å². The fraction of sp³-hybridized carbons (Fsp3) is 0.941. The number of carbonyl (C=O) groups is 1. The number of hydrogen-bond acceptors (Lipinski definition) is 3. The molecule has 0 amide bonds. The normalized spacial score (nSPS) is 43.1. The predicted octanol–water partition coefficient (Wildman–Crippen LogP) is 3.15. The van der Waals surface area contributed by atoms with Gasteiger partial charge in [0.15, 0.2) is 0 Å². The predicted molar refractivity (Wildman–Crippen MR) is 77.0 cm³/mol. The van der Waals surface area contributed by atoms with Crippen molar-refractivity contribution in [1.29, 1.82) is 0 Å². The minimum absolute atomic E-state index is 0.0459. The highest BCUT2D eigenvalue weighted by Gasteiger charge is 2.61. The van der Waals surface area contributed by atoms with Gasteiger partial charge >= 0.3 is 5.97 Å². The minimum Gasteiger partial charge on any atom is -0.462 e. The van der Waals surface area contributed by atoms with Crippen molar-refractivity contribution in [1.82, 2.24) is 0 Å². The van der Waals surface area contributed by atoms with Crippen LogP contribution in [0.15, 0.2) is 0 Å². The number of aliphatic hydroxyl groups is 1. The molecular weight excluding hydrogens is 252 g/mol. The third-order valence-electron chi connectivity index (χ3n) is 6.21. The van der Waals surface area contributed by atoms with Crippen molar-refractivity contribution in [3.05, 3.63) is 0 Å². The molecule has 4 bridgehead atoms. The molecule has 4 aliphatic carbocycles. The molecule has 0 saturated heterocycles. The Bertz CT molecular complexity index is 391. The van der Waals surface area contributed by atoms with Crippen molar-refractivity contribution >= 4 is 5.97 Å². The Morgan fingerprint density at radius 1 is 1.20 bits per heavy atom. The second-order valence-electron chi connectivity index (χ2n) is 8.37. The molecule has 0 aliphatic heterocycles. The Kier molecular flexibility index (Phi) is 3.20. The fourth-order valence-corrected chi connectivity index (χ4v) is 5.19. The van der Waals surface area contributed by atoms with E-state index in [1.54, 1.807) is 0 Å². The van der Waals surface area contributed by atoms with Gasteiger partial charge in [-0.1, -0.05) is 13.8 Å². The molecule has 0 spiro atoms. The van der Waals surface area contributed by atoms with Gasteiger partial charge in [0, 0.05) is 0 Å². The van der Waals surface area contributed by atoms with E-state index < -0.39 is 5.60 Å². The Labute approximate surface area is 122 Å². The zero-order valence-electron chi connectivity index (χ0n) is 13.2. The number of hydrogen-bond donors (Lipinski definition) is 1. The van der Waals surface area contributed by atoms with E-state index in [9.17, 15) is 9.90 Å². The molecule has 4 aliphatic rings. The molecule has 114 valence electrons. The molecule has 0 heterocycles. The van der Waals surface area contributed by atoms with E-state index in [2.05, 4.69) is 0 Å². The lowest BCUT2D eigenvalue weighted by Gasteiger charge is -2.62. The van der Waals surface area contributed by atoms with Crippen LogP contribution in [-0.4, -0.2) is 22.8 Å². The maximum atomic E-state index is 11.9. The largest absolute Gasteiger partial charge is 0.462 e. The van der Waals surface area contributed by atoms with Gasteiger partial charge in [0.25, 0.3) is 0 Å². The molecule has 2 unspecified atom stereocenters. The number of carbonyl (C=O) groups excluding carboxylic acids is 1. The standard InChI is InChI=1S/C17H28O3/c1-10(2)15(18)20-14-12-5-11-6-13(14)9-17(7-11,8-12)16(3,4)19/h10-14,19H,5-9H2,1-4H3. The molecule has 4 saturated carbocycles. The van der Waals surface area contributed by atoms with Crippen LogP contribution < -0.4 is 0 Å². The van der Waals surface area contributed by atoms with Gasteiger partial charge in [-0.15, -0.1) is 0 Å². The maximum Gasteiger partial charge on any atom is 0.308 e. The molecule has 3 heteroatoms. The monoisotopic (exact) mass is 280 g/mol. The summed E-state index contributed by atoms with van der Waals surface area (Å²) in [5.74, 6) is 1.56. The van der Waals surface area contributed by atoms with Gasteiger partial charge in [0.2, 0.25) is 0 Å². The first-order valence-electron chi connectivity index (χ1n) is 8.15. The highest BCUT2D eigenvalue weighted by molar-refractivity contribution is 5.71. The van der Waals surface area contributed by atoms with Crippen molar-refractivity contribution < 1.29 is 14.6 Å². The third-order valence-corrected chi connectivity index (χ3v) is 6.21. The van der Waals surface area contributed by atoms with Crippen LogP contribution in [0.1, 0.15) is 59.8 Å². The van der Waals surface area contributed by atoms with Gasteiger partial charge < -0.3 is 9.84 Å². The molecule has 3 nitrogen and oxygen atoms in total. The smallest absolute Gasteiger partial charge is 0.308 e. The van der Waals surface area contributed by atoms with E-state index in [4.69, 9.17) is 4.74 Å². The zero-order chi connectivity index (χ0) is 14.7. The summed E-state index contributed by atoms with van der Waals surface area (Å²) in [6, 6.07) is 0. The van der Waals surface area contributed by atoms with Crippen LogP contribution in [0.25, 0.3) is 0 Å². The van der Waals surface area contributed by atoms with Gasteiger partial charge in [-0.05, 0) is 69.1 Å². The van der Waals surface area contributed by atoms with Crippen LogP contribution in [0, 0.1) is 29.1 Å². The van der Waals surface area contributed by atoms with E-state index in [0.29, 0.717) is 11.8 Å². The first-order valence-corrected chi connectivity index (χ1v) is 8.15. The van der Waals surface area contributed by atoms with Crippen molar-refractivity contribution in [2.45, 2.75) is 71.5 Å². The first kappa shape index (κ1) is 14.4. The molecular formula is C17H28O3. The summed E-state index contributed by atoms with van der Waals surface area (Å²) in [7, 11) is 0. The van der Waals surface area contributed by atoms with E-state index in [1.165, 1.54) is 12.8 Å². The lowest BCUT2D eigenvalue weighted by molar-refractivity contribution is -0.214. The molecule has 4 rings (SSSR count). The second kappa shape index (κ2) is 4.46. The Morgan fingerprint density at radius 3 is 2.20 bits per heavy atom. The van der Waals surface area contributed by atoms with E-state index in [0.717, 1.165) is 25.2 Å². The Hall–Kier alpha value is -0.570. The summed E-state index contributed by atoms with van der Waals surface area (Å²) in [6.45, 7) is 7.73. The Morgan fingerprint density at radius 2 is 1.75 bits per heavy atom. The van der Waals surface area contributed by atoms with Gasteiger partial charge in [-0.2, -0.15) is 0 Å². The van der Waals surface area contributed by atoms with Crippen LogP contribution in [0.5, 0.6) is 0 Å². The van der Waals surface area contributed by atoms with Crippen molar-refractivity contribution in [2.24, 2.45) is 29.1 Å². The molecule has 0 aromatic carbocycles. The van der Waals surface area contributed by atoms with Gasteiger partial charge in [-0.25, -0.2) is 0 Å². The fourth-order valence-electron chi connectivity index (χ4n) is 5.19. The zero-order valence-corrected chi connectivity index (χ0v) is 13.2. The van der Waals surface area contributed by atoms with E-state index in [1.807, 2.05) is 27.7 Å². The maximum absolute atomic E-state index is 11.9. The molecule has 20 heavy (non-hydrogen) atoms. The highest BCUT2D eigenvalue weighted by Crippen LogP contribution is 2.64. The second-order valence-corrected chi connectivity index (χ2v) is 8.37. The van der Waals surface area contributed by atoms with Crippen molar-refractivity contribution in [3.63, 3.8) is 0 Å². The number of ether oxygens (including phenoxy) is 1. The summed E-state index contributed by atoms with van der Waals surface area (Å²) in [5.41, 5.74) is -0.556. The van der Waals surface area contributed by atoms with Gasteiger partial charge in [-0.3, -0.25) is 4.79 Å².